The Labute approximate surface area is 162 Å². The molecule has 0 saturated heterocycles. The van der Waals surface area contributed by atoms with Crippen LogP contribution in [0.4, 0.5) is 0 Å². The number of hydrogen-bond acceptors (Lipinski definition) is 2. The van der Waals surface area contributed by atoms with Crippen LogP contribution in [0, 0.1) is 0 Å². The third kappa shape index (κ3) is 11.4. The van der Waals surface area contributed by atoms with E-state index in [0.717, 1.165) is 6.42 Å². The third-order valence-corrected chi connectivity index (χ3v) is 21.2. The maximum atomic E-state index is 11.8. The number of unbranched alkanes of at least 4 members (excludes halogenated alkanes) is 6. The molecule has 25 heavy (non-hydrogen) atoms. The van der Waals surface area contributed by atoms with Crippen LogP contribution in [0.2, 0.25) is 13.3 Å². The molecule has 0 aliphatic heterocycles. The van der Waals surface area contributed by atoms with Crippen molar-refractivity contribution >= 4 is 24.3 Å². The zero-order valence-corrected chi connectivity index (χ0v) is 20.6. The molecule has 0 radical (unpaired) electrons. The first-order chi connectivity index (χ1) is 12.1. The molecule has 0 spiro atoms. The van der Waals surface area contributed by atoms with E-state index in [0.29, 0.717) is 0 Å². The Bertz CT molecular complexity index is 330. The van der Waals surface area contributed by atoms with E-state index < -0.39 is 18.4 Å². The van der Waals surface area contributed by atoms with Crippen LogP contribution in [0.5, 0.6) is 0 Å². The average molecular weight is 459 g/mol. The Morgan fingerprint density at radius 3 is 1.72 bits per heavy atom. The molecule has 0 saturated carbocycles. The van der Waals surface area contributed by atoms with Crippen molar-refractivity contribution in [3.05, 3.63) is 12.2 Å². The van der Waals surface area contributed by atoms with Gasteiger partial charge in [0.1, 0.15) is 0 Å². The molecule has 0 aliphatic rings. The number of ether oxygens (including phenoxy) is 1. The minimum atomic E-state index is -2.55. The van der Waals surface area contributed by atoms with Crippen LogP contribution < -0.4 is 0 Å². The molecule has 148 valence electrons. The zero-order valence-electron chi connectivity index (χ0n) is 17.7. The van der Waals surface area contributed by atoms with Crippen molar-refractivity contribution in [1.82, 2.24) is 0 Å². The molecule has 0 aromatic heterocycles. The molecule has 0 aromatic rings. The summed E-state index contributed by atoms with van der Waals surface area (Å²) in [6.07, 6.45) is 17.3. The first kappa shape index (κ1) is 25.0. The second kappa shape index (κ2) is 16.2. The number of rotatable bonds is 16. The van der Waals surface area contributed by atoms with Gasteiger partial charge in [0.2, 0.25) is 0 Å². The number of esters is 1. The predicted molar refractivity (Wildman–Crippen MR) is 114 cm³/mol. The van der Waals surface area contributed by atoms with Gasteiger partial charge < -0.3 is 0 Å². The molecule has 0 N–H and O–H groups in total. The zero-order chi connectivity index (χ0) is 19.0. The van der Waals surface area contributed by atoms with Crippen LogP contribution in [-0.4, -0.2) is 28.5 Å². The molecular weight excluding hydrogens is 415 g/mol. The normalized spacial score (nSPS) is 13.3. The second-order valence-corrected chi connectivity index (χ2v) is 21.3. The Morgan fingerprint density at radius 2 is 1.32 bits per heavy atom. The van der Waals surface area contributed by atoms with E-state index in [4.69, 9.17) is 4.74 Å². The summed E-state index contributed by atoms with van der Waals surface area (Å²) < 4.78 is 10.3. The van der Waals surface area contributed by atoms with Gasteiger partial charge in [-0.05, 0) is 0 Å². The summed E-state index contributed by atoms with van der Waals surface area (Å²) in [6, 6.07) is 0. The Balaban J connectivity index is 5.36. The molecule has 2 nitrogen and oxygen atoms in total. The maximum absolute atomic E-state index is 11.8. The topological polar surface area (TPSA) is 26.3 Å². The Morgan fingerprint density at radius 1 is 0.840 bits per heavy atom. The first-order valence-electron chi connectivity index (χ1n) is 10.9. The van der Waals surface area contributed by atoms with Crippen molar-refractivity contribution in [2.45, 2.75) is 116 Å². The number of hydrogen-bond donors (Lipinski definition) is 0. The van der Waals surface area contributed by atoms with Crippen molar-refractivity contribution in [2.24, 2.45) is 0 Å². The molecule has 0 rings (SSSR count). The van der Waals surface area contributed by atoms with Gasteiger partial charge in [-0.3, -0.25) is 0 Å². The van der Waals surface area contributed by atoms with Crippen LogP contribution in [0.1, 0.15) is 98.8 Å². The molecule has 0 heterocycles. The molecular formula is C22H44O2Sn. The van der Waals surface area contributed by atoms with Gasteiger partial charge in [-0.1, -0.05) is 0 Å². The fourth-order valence-corrected chi connectivity index (χ4v) is 20.0. The average Bonchev–Trinajstić information content (AvgIpc) is 2.60. The predicted octanol–water partition coefficient (Wildman–Crippen LogP) is 7.44. The summed E-state index contributed by atoms with van der Waals surface area (Å²) in [6.45, 7) is 10.7. The molecule has 1 atom stereocenters. The van der Waals surface area contributed by atoms with Crippen molar-refractivity contribution in [3.63, 3.8) is 0 Å². The number of carbonyl (C=O) groups excluding carboxylic acids is 1. The van der Waals surface area contributed by atoms with Crippen LogP contribution in [-0.2, 0) is 9.53 Å². The standard InChI is InChI=1S/C10H17O2.3C4H9.Sn/c1-3-4-5-6-7-8-9-12-10(2)11;3*1-3-4-2;/h7-9H,3-6H2,1-2H3;3*1,3-4H2,2H3;/b8-7-;;;;. The van der Waals surface area contributed by atoms with Gasteiger partial charge in [0, 0.05) is 0 Å². The number of allylic oxidation sites excluding steroid dienone is 1. The summed E-state index contributed by atoms with van der Waals surface area (Å²) in [5.41, 5.74) is 0. The fraction of sp³-hybridized carbons (Fsp3) is 0.864. The summed E-state index contributed by atoms with van der Waals surface area (Å²) >= 11 is -2.55. The van der Waals surface area contributed by atoms with Crippen molar-refractivity contribution in [2.75, 3.05) is 0 Å². The van der Waals surface area contributed by atoms with Crippen LogP contribution in [0.15, 0.2) is 12.2 Å². The second-order valence-electron chi connectivity index (χ2n) is 7.63. The van der Waals surface area contributed by atoms with Crippen LogP contribution in [0.3, 0.4) is 0 Å². The monoisotopic (exact) mass is 460 g/mol. The Hall–Kier alpha value is 0.00870. The van der Waals surface area contributed by atoms with Gasteiger partial charge >= 0.3 is 162 Å². The van der Waals surface area contributed by atoms with Crippen LogP contribution >= 0.6 is 0 Å². The molecule has 1 unspecified atom stereocenters. The summed E-state index contributed by atoms with van der Waals surface area (Å²) in [7, 11) is 0. The van der Waals surface area contributed by atoms with Gasteiger partial charge in [-0.25, -0.2) is 0 Å². The third-order valence-electron chi connectivity index (χ3n) is 5.27. The van der Waals surface area contributed by atoms with Crippen molar-refractivity contribution in [3.8, 4) is 0 Å². The van der Waals surface area contributed by atoms with E-state index in [2.05, 4.69) is 39.8 Å². The molecule has 0 amide bonds. The van der Waals surface area contributed by atoms with Gasteiger partial charge in [0.25, 0.3) is 0 Å². The fourth-order valence-electron chi connectivity index (χ4n) is 3.67. The molecule has 0 aliphatic carbocycles. The molecule has 0 bridgehead atoms. The quantitative estimate of drug-likeness (QED) is 0.104. The van der Waals surface area contributed by atoms with E-state index in [9.17, 15) is 4.79 Å². The van der Waals surface area contributed by atoms with Crippen molar-refractivity contribution in [1.29, 1.82) is 0 Å². The van der Waals surface area contributed by atoms with E-state index in [-0.39, 0.29) is 10.1 Å². The summed E-state index contributed by atoms with van der Waals surface area (Å²) in [4.78, 5) is 11.8. The van der Waals surface area contributed by atoms with E-state index in [1.807, 2.05) is 0 Å². The summed E-state index contributed by atoms with van der Waals surface area (Å²) in [5, 5.41) is 0. The molecule has 3 heteroatoms. The van der Waals surface area contributed by atoms with E-state index in [1.165, 1.54) is 71.1 Å². The van der Waals surface area contributed by atoms with E-state index >= 15 is 0 Å². The first-order valence-corrected chi connectivity index (χ1v) is 18.6. The molecule has 0 aromatic carbocycles. The molecule has 0 fully saturated rings. The summed E-state index contributed by atoms with van der Waals surface area (Å²) in [5.74, 6) is -0.0891. The van der Waals surface area contributed by atoms with Gasteiger partial charge in [-0.2, -0.15) is 0 Å². The van der Waals surface area contributed by atoms with Crippen LogP contribution in [0.25, 0.3) is 0 Å². The SMILES string of the molecule is CCCCC/C=C\[CH](OC(C)=O)[Sn]([CH2]CCC)([CH2]CCC)[CH2]CCC. The van der Waals surface area contributed by atoms with E-state index in [1.54, 1.807) is 6.92 Å². The van der Waals surface area contributed by atoms with Gasteiger partial charge in [0.15, 0.2) is 0 Å². The van der Waals surface area contributed by atoms with Gasteiger partial charge in [0.05, 0.1) is 0 Å². The minimum absolute atomic E-state index is 0.0891. The van der Waals surface area contributed by atoms with Gasteiger partial charge in [-0.15, -0.1) is 0 Å². The Kier molecular flexibility index (Phi) is 16.2. The van der Waals surface area contributed by atoms with Crippen molar-refractivity contribution < 1.29 is 9.53 Å². The number of carbonyl (C=O) groups is 1.